The molecule has 0 spiro atoms. The Bertz CT molecular complexity index is 1060. The number of carbonyl (C=O) groups is 2. The Balaban J connectivity index is 1.57. The molecule has 1 saturated heterocycles. The zero-order valence-corrected chi connectivity index (χ0v) is 16.6. The summed E-state index contributed by atoms with van der Waals surface area (Å²) >= 11 is 0. The molecule has 1 aliphatic heterocycles. The SMILES string of the molecule is Cc1ccc(CC(=O)N2CCCC(c3nc4ccccc4cc3C(N)=O)C2)cc1. The Morgan fingerprint density at radius 3 is 2.66 bits per heavy atom. The first-order valence-electron chi connectivity index (χ1n) is 10.0. The highest BCUT2D eigenvalue weighted by atomic mass is 16.2. The minimum atomic E-state index is -0.471. The zero-order chi connectivity index (χ0) is 20.4. The van der Waals surface area contributed by atoms with Crippen molar-refractivity contribution in [1.29, 1.82) is 0 Å². The molecule has 4 rings (SSSR count). The van der Waals surface area contributed by atoms with Crippen LogP contribution in [0.5, 0.6) is 0 Å². The lowest BCUT2D eigenvalue weighted by atomic mass is 9.90. The molecule has 5 nitrogen and oxygen atoms in total. The van der Waals surface area contributed by atoms with E-state index in [1.54, 1.807) is 0 Å². The van der Waals surface area contributed by atoms with Gasteiger partial charge in [-0.3, -0.25) is 14.6 Å². The lowest BCUT2D eigenvalue weighted by Gasteiger charge is -2.33. The number of amides is 2. The second-order valence-electron chi connectivity index (χ2n) is 7.82. The topological polar surface area (TPSA) is 76.3 Å². The lowest BCUT2D eigenvalue weighted by Crippen LogP contribution is -2.40. The van der Waals surface area contributed by atoms with Gasteiger partial charge in [0.15, 0.2) is 0 Å². The van der Waals surface area contributed by atoms with Gasteiger partial charge in [0.1, 0.15) is 0 Å². The van der Waals surface area contributed by atoms with E-state index < -0.39 is 5.91 Å². The van der Waals surface area contributed by atoms with Crippen LogP contribution in [0.3, 0.4) is 0 Å². The molecule has 1 atom stereocenters. The molecule has 0 saturated carbocycles. The zero-order valence-electron chi connectivity index (χ0n) is 16.6. The molecule has 2 amide bonds. The molecule has 148 valence electrons. The Hall–Kier alpha value is -3.21. The van der Waals surface area contributed by atoms with E-state index in [9.17, 15) is 9.59 Å². The molecule has 5 heteroatoms. The molecule has 2 heterocycles. The molecule has 0 radical (unpaired) electrons. The van der Waals surface area contributed by atoms with Crippen LogP contribution in [-0.4, -0.2) is 34.8 Å². The number of hydrogen-bond donors (Lipinski definition) is 1. The van der Waals surface area contributed by atoms with Gasteiger partial charge in [-0.1, -0.05) is 48.0 Å². The van der Waals surface area contributed by atoms with Gasteiger partial charge in [-0.2, -0.15) is 0 Å². The standard InChI is InChI=1S/C24H25N3O2/c1-16-8-10-17(11-9-16)13-22(28)27-12-4-6-19(15-27)23-20(24(25)29)14-18-5-2-3-7-21(18)26-23/h2-3,5,7-11,14,19H,4,6,12-13,15H2,1H3,(H2,25,29). The van der Waals surface area contributed by atoms with E-state index in [1.165, 1.54) is 5.56 Å². The Kier molecular flexibility index (Phi) is 5.30. The third kappa shape index (κ3) is 4.14. The summed E-state index contributed by atoms with van der Waals surface area (Å²) in [5.41, 5.74) is 9.88. The fourth-order valence-electron chi connectivity index (χ4n) is 4.06. The van der Waals surface area contributed by atoms with Crippen molar-refractivity contribution >= 4 is 22.7 Å². The minimum absolute atomic E-state index is 0.0119. The maximum Gasteiger partial charge on any atom is 0.250 e. The quantitative estimate of drug-likeness (QED) is 0.743. The van der Waals surface area contributed by atoms with E-state index in [0.29, 0.717) is 24.2 Å². The average molecular weight is 387 g/mol. The number of hydrogen-bond acceptors (Lipinski definition) is 3. The fraction of sp³-hybridized carbons (Fsp3) is 0.292. The molecule has 1 aliphatic rings. The van der Waals surface area contributed by atoms with Crippen LogP contribution in [0.2, 0.25) is 0 Å². The number of likely N-dealkylation sites (tertiary alicyclic amines) is 1. The van der Waals surface area contributed by atoms with Crippen LogP contribution in [0.1, 0.15) is 45.9 Å². The number of nitrogens with two attached hydrogens (primary N) is 1. The lowest BCUT2D eigenvalue weighted by molar-refractivity contribution is -0.131. The molecule has 0 bridgehead atoms. The van der Waals surface area contributed by atoms with Crippen molar-refractivity contribution < 1.29 is 9.59 Å². The first-order chi connectivity index (χ1) is 14.0. The molecule has 29 heavy (non-hydrogen) atoms. The molecule has 3 aromatic rings. The van der Waals surface area contributed by atoms with Gasteiger partial charge in [0.2, 0.25) is 5.91 Å². The number of benzene rings is 2. The van der Waals surface area contributed by atoms with E-state index in [2.05, 4.69) is 0 Å². The summed E-state index contributed by atoms with van der Waals surface area (Å²) in [4.78, 5) is 31.6. The number of para-hydroxylation sites is 1. The summed E-state index contributed by atoms with van der Waals surface area (Å²) in [7, 11) is 0. The number of pyridine rings is 1. The van der Waals surface area contributed by atoms with Crippen molar-refractivity contribution in [1.82, 2.24) is 9.88 Å². The highest BCUT2D eigenvalue weighted by molar-refractivity contribution is 5.97. The van der Waals surface area contributed by atoms with E-state index in [0.717, 1.165) is 35.9 Å². The minimum Gasteiger partial charge on any atom is -0.366 e. The number of aromatic nitrogens is 1. The predicted octanol–water partition coefficient (Wildman–Crippen LogP) is 3.59. The van der Waals surface area contributed by atoms with Crippen LogP contribution in [-0.2, 0) is 11.2 Å². The average Bonchev–Trinajstić information content (AvgIpc) is 2.74. The molecule has 1 aromatic heterocycles. The predicted molar refractivity (Wildman–Crippen MR) is 114 cm³/mol. The number of aryl methyl sites for hydroxylation is 1. The van der Waals surface area contributed by atoms with Crippen LogP contribution < -0.4 is 5.73 Å². The Labute approximate surface area is 170 Å². The summed E-state index contributed by atoms with van der Waals surface area (Å²) in [6.45, 7) is 3.34. The number of piperidine rings is 1. The van der Waals surface area contributed by atoms with Gasteiger partial charge in [-0.15, -0.1) is 0 Å². The van der Waals surface area contributed by atoms with E-state index in [4.69, 9.17) is 10.7 Å². The molecule has 2 N–H and O–H groups in total. The molecular formula is C24H25N3O2. The summed E-state index contributed by atoms with van der Waals surface area (Å²) in [5, 5.41) is 0.896. The maximum absolute atomic E-state index is 12.9. The van der Waals surface area contributed by atoms with Crippen LogP contribution in [0.15, 0.2) is 54.6 Å². The highest BCUT2D eigenvalue weighted by Gasteiger charge is 2.28. The number of nitrogens with zero attached hydrogens (tertiary/aromatic N) is 2. The highest BCUT2D eigenvalue weighted by Crippen LogP contribution is 2.30. The van der Waals surface area contributed by atoms with Crippen LogP contribution in [0.25, 0.3) is 10.9 Å². The van der Waals surface area contributed by atoms with Crippen molar-refractivity contribution in [2.45, 2.75) is 32.1 Å². The fourth-order valence-corrected chi connectivity index (χ4v) is 4.06. The molecule has 0 aliphatic carbocycles. The molecule has 1 fully saturated rings. The van der Waals surface area contributed by atoms with Gasteiger partial charge in [0.25, 0.3) is 5.91 Å². The summed E-state index contributed by atoms with van der Waals surface area (Å²) < 4.78 is 0. The molecular weight excluding hydrogens is 362 g/mol. The molecule has 1 unspecified atom stereocenters. The van der Waals surface area contributed by atoms with Gasteiger partial charge in [-0.05, 0) is 37.5 Å². The third-order valence-electron chi connectivity index (χ3n) is 5.66. The second kappa shape index (κ2) is 8.03. The van der Waals surface area contributed by atoms with Gasteiger partial charge in [0.05, 0.1) is 23.2 Å². The smallest absolute Gasteiger partial charge is 0.250 e. The third-order valence-corrected chi connectivity index (χ3v) is 5.66. The van der Waals surface area contributed by atoms with Crippen molar-refractivity contribution in [2.75, 3.05) is 13.1 Å². The monoisotopic (exact) mass is 387 g/mol. The van der Waals surface area contributed by atoms with Gasteiger partial charge in [-0.25, -0.2) is 0 Å². The first-order valence-corrected chi connectivity index (χ1v) is 10.0. The van der Waals surface area contributed by atoms with E-state index in [-0.39, 0.29) is 11.8 Å². The first kappa shape index (κ1) is 19.1. The van der Waals surface area contributed by atoms with E-state index >= 15 is 0 Å². The number of primary amides is 1. The van der Waals surface area contributed by atoms with Crippen molar-refractivity contribution in [3.63, 3.8) is 0 Å². The second-order valence-corrected chi connectivity index (χ2v) is 7.82. The maximum atomic E-state index is 12.9. The van der Waals surface area contributed by atoms with Crippen molar-refractivity contribution in [3.8, 4) is 0 Å². The summed E-state index contributed by atoms with van der Waals surface area (Å²) in [6.07, 6.45) is 2.16. The normalized spacial score (nSPS) is 16.7. The summed E-state index contributed by atoms with van der Waals surface area (Å²) in [5.74, 6) is -0.348. The van der Waals surface area contributed by atoms with Crippen molar-refractivity contribution in [2.24, 2.45) is 5.73 Å². The Morgan fingerprint density at radius 2 is 1.90 bits per heavy atom. The Morgan fingerprint density at radius 1 is 1.14 bits per heavy atom. The van der Waals surface area contributed by atoms with Gasteiger partial charge < -0.3 is 10.6 Å². The van der Waals surface area contributed by atoms with Crippen LogP contribution in [0, 0.1) is 6.92 Å². The number of fused-ring (bicyclic) bond motifs is 1. The summed E-state index contributed by atoms with van der Waals surface area (Å²) in [6, 6.07) is 17.6. The number of rotatable bonds is 4. The largest absolute Gasteiger partial charge is 0.366 e. The number of carbonyl (C=O) groups excluding carboxylic acids is 2. The van der Waals surface area contributed by atoms with Crippen molar-refractivity contribution in [3.05, 3.63) is 77.0 Å². The molecule has 2 aromatic carbocycles. The van der Waals surface area contributed by atoms with Gasteiger partial charge in [0, 0.05) is 24.4 Å². The van der Waals surface area contributed by atoms with Gasteiger partial charge >= 0.3 is 0 Å². The van der Waals surface area contributed by atoms with Crippen LogP contribution in [0.4, 0.5) is 0 Å². The van der Waals surface area contributed by atoms with E-state index in [1.807, 2.05) is 66.4 Å². The van der Waals surface area contributed by atoms with Crippen LogP contribution >= 0.6 is 0 Å².